The van der Waals surface area contributed by atoms with E-state index in [0.29, 0.717) is 18.7 Å². The van der Waals surface area contributed by atoms with Crippen molar-refractivity contribution in [2.45, 2.75) is 25.9 Å². The van der Waals surface area contributed by atoms with E-state index in [-0.39, 0.29) is 0 Å². The van der Waals surface area contributed by atoms with E-state index >= 15 is 0 Å². The smallest absolute Gasteiger partial charge is 0.114 e. The van der Waals surface area contributed by atoms with Crippen LogP contribution >= 0.6 is 0 Å². The molecule has 13 heavy (non-hydrogen) atoms. The quantitative estimate of drug-likeness (QED) is 0.509. The molecule has 0 aliphatic heterocycles. The van der Waals surface area contributed by atoms with Crippen LogP contribution in [0.3, 0.4) is 0 Å². The molecule has 1 unspecified atom stereocenters. The van der Waals surface area contributed by atoms with Gasteiger partial charge in [0.2, 0.25) is 0 Å². The van der Waals surface area contributed by atoms with Crippen LogP contribution in [-0.4, -0.2) is 23.5 Å². The van der Waals surface area contributed by atoms with Gasteiger partial charge in [-0.2, -0.15) is 0 Å². The Kier molecular flexibility index (Phi) is 3.53. The number of nitrogens with zero attached hydrogens (tertiary/aromatic N) is 1. The Morgan fingerprint density at radius 1 is 1.85 bits per heavy atom. The fourth-order valence-electron chi connectivity index (χ4n) is 1.13. The van der Waals surface area contributed by atoms with Crippen molar-refractivity contribution in [1.29, 1.82) is 0 Å². The average molecular weight is 179 g/mol. The summed E-state index contributed by atoms with van der Waals surface area (Å²) >= 11 is 0. The lowest BCUT2D eigenvalue weighted by Crippen LogP contribution is -2.22. The molecule has 0 amide bonds. The van der Waals surface area contributed by atoms with Gasteiger partial charge in [0.15, 0.2) is 0 Å². The first kappa shape index (κ1) is 9.82. The lowest BCUT2D eigenvalue weighted by molar-refractivity contribution is 0.149. The van der Waals surface area contributed by atoms with Crippen molar-refractivity contribution in [3.8, 4) is 12.3 Å². The highest BCUT2D eigenvalue weighted by Gasteiger charge is 2.17. The fourth-order valence-corrected chi connectivity index (χ4v) is 1.13. The third-order valence-corrected chi connectivity index (χ3v) is 1.84. The van der Waals surface area contributed by atoms with E-state index in [1.807, 2.05) is 6.92 Å². The second kappa shape index (κ2) is 4.68. The minimum Gasteiger partial charge on any atom is -0.396 e. The Balaban J connectivity index is 2.75. The molecule has 70 valence electrons. The number of hydrogen-bond donors (Lipinski definition) is 1. The molecule has 0 heterocycles. The van der Waals surface area contributed by atoms with E-state index in [9.17, 15) is 5.11 Å². The molecule has 0 aromatic rings. The molecule has 0 aromatic carbocycles. The molecule has 0 spiro atoms. The van der Waals surface area contributed by atoms with Crippen LogP contribution in [0.4, 0.5) is 0 Å². The topological polar surface area (TPSA) is 41.8 Å². The Hall–Kier alpha value is -1.27. The highest BCUT2D eigenvalue weighted by atomic mass is 16.6. The molecule has 0 saturated carbocycles. The maximum atomic E-state index is 9.48. The molecule has 1 aliphatic rings. The summed E-state index contributed by atoms with van der Waals surface area (Å²) in [6.07, 6.45) is 7.78. The molecule has 0 bridgehead atoms. The van der Waals surface area contributed by atoms with Crippen LogP contribution < -0.4 is 0 Å². The van der Waals surface area contributed by atoms with Gasteiger partial charge in [-0.05, 0) is 25.8 Å². The summed E-state index contributed by atoms with van der Waals surface area (Å²) in [6.45, 7) is 2.33. The molecular formula is C10H13NO2. The van der Waals surface area contributed by atoms with Gasteiger partial charge < -0.3 is 9.94 Å². The molecule has 3 heteroatoms. The number of hydrogen-bond acceptors (Lipinski definition) is 3. The zero-order valence-corrected chi connectivity index (χ0v) is 7.66. The zero-order valence-electron chi connectivity index (χ0n) is 7.66. The molecule has 1 N–H and O–H groups in total. The minimum absolute atomic E-state index is 0.495. The zero-order chi connectivity index (χ0) is 9.68. The number of rotatable bonds is 2. The third-order valence-electron chi connectivity index (χ3n) is 1.84. The standard InChI is InChI=1S/C10H13NO2/c1-3-8-5-6-10(12)9(7-8)11-13-4-2/h1,7,10,12H,4-6H2,2H3/b11-9+. The molecular weight excluding hydrogens is 166 g/mol. The van der Waals surface area contributed by atoms with Crippen LogP contribution in [0.2, 0.25) is 0 Å². The van der Waals surface area contributed by atoms with E-state index in [0.717, 1.165) is 12.0 Å². The number of aliphatic hydroxyl groups excluding tert-OH is 1. The second-order valence-electron chi connectivity index (χ2n) is 2.80. The summed E-state index contributed by atoms with van der Waals surface area (Å²) in [5.41, 5.74) is 1.39. The van der Waals surface area contributed by atoms with E-state index in [2.05, 4.69) is 11.1 Å². The molecule has 3 nitrogen and oxygen atoms in total. The maximum absolute atomic E-state index is 9.48. The van der Waals surface area contributed by atoms with E-state index in [1.54, 1.807) is 6.08 Å². The van der Waals surface area contributed by atoms with Crippen molar-refractivity contribution in [2.24, 2.45) is 5.16 Å². The van der Waals surface area contributed by atoms with E-state index in [4.69, 9.17) is 11.3 Å². The van der Waals surface area contributed by atoms with Gasteiger partial charge in [-0.15, -0.1) is 6.42 Å². The van der Waals surface area contributed by atoms with Crippen molar-refractivity contribution < 1.29 is 9.94 Å². The lowest BCUT2D eigenvalue weighted by Gasteiger charge is -2.15. The van der Waals surface area contributed by atoms with Crippen LogP contribution in [0.15, 0.2) is 16.8 Å². The number of aliphatic hydroxyl groups is 1. The highest BCUT2D eigenvalue weighted by molar-refractivity contribution is 5.99. The Labute approximate surface area is 78.1 Å². The predicted octanol–water partition coefficient (Wildman–Crippen LogP) is 1.09. The first-order valence-corrected chi connectivity index (χ1v) is 4.33. The van der Waals surface area contributed by atoms with Crippen LogP contribution in [0.1, 0.15) is 19.8 Å². The summed E-state index contributed by atoms with van der Waals surface area (Å²) in [6, 6.07) is 0. The van der Waals surface area contributed by atoms with Crippen LogP contribution in [0.25, 0.3) is 0 Å². The monoisotopic (exact) mass is 179 g/mol. The molecule has 0 aromatic heterocycles. The predicted molar refractivity (Wildman–Crippen MR) is 51.2 cm³/mol. The van der Waals surface area contributed by atoms with Gasteiger partial charge >= 0.3 is 0 Å². The number of allylic oxidation sites excluding steroid dienone is 1. The summed E-state index contributed by atoms with van der Waals surface area (Å²) in [7, 11) is 0. The Bertz CT molecular complexity index is 273. The van der Waals surface area contributed by atoms with Crippen molar-refractivity contribution in [3.05, 3.63) is 11.6 Å². The summed E-state index contributed by atoms with van der Waals surface area (Å²) in [5.74, 6) is 2.54. The van der Waals surface area contributed by atoms with Gasteiger partial charge in [0.25, 0.3) is 0 Å². The largest absolute Gasteiger partial charge is 0.396 e. The minimum atomic E-state index is -0.538. The molecule has 1 aliphatic carbocycles. The lowest BCUT2D eigenvalue weighted by atomic mass is 9.96. The van der Waals surface area contributed by atoms with Crippen molar-refractivity contribution in [1.82, 2.24) is 0 Å². The number of terminal acetylenes is 1. The Morgan fingerprint density at radius 2 is 2.62 bits per heavy atom. The molecule has 1 rings (SSSR count). The van der Waals surface area contributed by atoms with Gasteiger partial charge in [-0.1, -0.05) is 11.1 Å². The van der Waals surface area contributed by atoms with E-state index < -0.39 is 6.10 Å². The van der Waals surface area contributed by atoms with Crippen molar-refractivity contribution >= 4 is 5.71 Å². The fraction of sp³-hybridized carbons (Fsp3) is 0.500. The van der Waals surface area contributed by atoms with Crippen LogP contribution in [0, 0.1) is 12.3 Å². The van der Waals surface area contributed by atoms with Gasteiger partial charge in [-0.3, -0.25) is 0 Å². The van der Waals surface area contributed by atoms with Crippen molar-refractivity contribution in [3.63, 3.8) is 0 Å². The highest BCUT2D eigenvalue weighted by Crippen LogP contribution is 2.15. The van der Waals surface area contributed by atoms with Crippen LogP contribution in [-0.2, 0) is 4.84 Å². The maximum Gasteiger partial charge on any atom is 0.114 e. The van der Waals surface area contributed by atoms with E-state index in [1.165, 1.54) is 0 Å². The first-order chi connectivity index (χ1) is 6.27. The van der Waals surface area contributed by atoms with Gasteiger partial charge in [0.05, 0.1) is 6.10 Å². The Morgan fingerprint density at radius 3 is 3.23 bits per heavy atom. The van der Waals surface area contributed by atoms with Gasteiger partial charge in [0, 0.05) is 5.57 Å². The number of oxime groups is 1. The molecule has 0 fully saturated rings. The summed E-state index contributed by atoms with van der Waals surface area (Å²) in [4.78, 5) is 4.85. The third kappa shape index (κ3) is 2.60. The second-order valence-corrected chi connectivity index (χ2v) is 2.80. The molecule has 1 atom stereocenters. The SMILES string of the molecule is C#CC1=C/C(=N\OCC)C(O)CC1. The summed E-state index contributed by atoms with van der Waals surface area (Å²) < 4.78 is 0. The average Bonchev–Trinajstić information content (AvgIpc) is 2.17. The van der Waals surface area contributed by atoms with Crippen molar-refractivity contribution in [2.75, 3.05) is 6.61 Å². The van der Waals surface area contributed by atoms with Gasteiger partial charge in [0.1, 0.15) is 12.3 Å². The molecule has 0 radical (unpaired) electrons. The van der Waals surface area contributed by atoms with Crippen LogP contribution in [0.5, 0.6) is 0 Å². The van der Waals surface area contributed by atoms with Gasteiger partial charge in [-0.25, -0.2) is 0 Å². The first-order valence-electron chi connectivity index (χ1n) is 4.33. The normalized spacial score (nSPS) is 25.2. The molecule has 0 saturated heterocycles. The summed E-state index contributed by atoms with van der Waals surface area (Å²) in [5, 5.41) is 13.3.